The molecule has 0 rings (SSSR count). The Hall–Kier alpha value is 0.350. The van der Waals surface area contributed by atoms with Gasteiger partial charge < -0.3 is 9.05 Å². The molecule has 0 aromatic rings. The van der Waals surface area contributed by atoms with Gasteiger partial charge in [0.2, 0.25) is 0 Å². The maximum Gasteiger partial charge on any atom is 0.0133 e. The van der Waals surface area contributed by atoms with E-state index in [1.54, 1.807) is 0 Å². The van der Waals surface area contributed by atoms with Crippen LogP contribution in [0.2, 0.25) is 0 Å². The average Bonchev–Trinajstić information content (AvgIpc) is 2.03. The molecule has 0 saturated carbocycles. The van der Waals surface area contributed by atoms with Crippen molar-refractivity contribution < 1.29 is 9.05 Å². The lowest BCUT2D eigenvalue weighted by Gasteiger charge is -2.19. The fourth-order valence-corrected chi connectivity index (χ4v) is 1.01. The van der Waals surface area contributed by atoms with Crippen molar-refractivity contribution in [2.24, 2.45) is 0 Å². The largest absolute Gasteiger partial charge is 0.529 e. The zero-order valence-corrected chi connectivity index (χ0v) is 8.40. The highest BCUT2D eigenvalue weighted by Gasteiger charge is 1.77. The van der Waals surface area contributed by atoms with Gasteiger partial charge in [0.25, 0.3) is 0 Å². The van der Waals surface area contributed by atoms with Gasteiger partial charge in [-0.3, -0.25) is 0 Å². The second-order valence-corrected chi connectivity index (χ2v) is 3.11. The van der Waals surface area contributed by atoms with Crippen molar-refractivity contribution in [3.05, 3.63) is 0 Å². The second kappa shape index (κ2) is 10.3. The molecule has 0 saturated heterocycles. The third-order valence-electron chi connectivity index (χ3n) is 1.28. The number of unbranched alkanes of at least 4 members (excludes halogenated alkanes) is 2. The fraction of sp³-hybridized carbons (Fsp3) is 1.00. The second-order valence-electron chi connectivity index (χ2n) is 2.45. The van der Waals surface area contributed by atoms with Crippen molar-refractivity contribution in [1.82, 2.24) is 0 Å². The van der Waals surface area contributed by atoms with Crippen LogP contribution in [0.15, 0.2) is 0 Å². The highest BCUT2D eigenvalue weighted by molar-refractivity contribution is 7.26. The van der Waals surface area contributed by atoms with Gasteiger partial charge in [0.05, 0.1) is 0 Å². The Morgan fingerprint density at radius 2 is 1.36 bits per heavy atom. The van der Waals surface area contributed by atoms with E-state index in [0.29, 0.717) is 9.03 Å². The van der Waals surface area contributed by atoms with Crippen molar-refractivity contribution in [2.45, 2.75) is 39.5 Å². The van der Waals surface area contributed by atoms with E-state index in [0.717, 1.165) is 26.1 Å². The lowest BCUT2D eigenvalue weighted by molar-refractivity contribution is 0.260. The van der Waals surface area contributed by atoms with E-state index < -0.39 is 0 Å². The molecule has 0 aliphatic carbocycles. The molecule has 11 heavy (non-hydrogen) atoms. The van der Waals surface area contributed by atoms with Crippen LogP contribution in [0.25, 0.3) is 0 Å². The third kappa shape index (κ3) is 10.4. The molecule has 0 aliphatic rings. The van der Waals surface area contributed by atoms with Crippen LogP contribution in [0.5, 0.6) is 0 Å². The lowest BCUT2D eigenvalue weighted by atomic mass is 10.4. The summed E-state index contributed by atoms with van der Waals surface area (Å²) in [6.45, 7) is 5.95. The normalized spacial score (nSPS) is 10.4. The Bertz CT molecular complexity index is 61.1. The summed E-state index contributed by atoms with van der Waals surface area (Å²) < 4.78 is 10.3. The Morgan fingerprint density at radius 3 is 1.73 bits per heavy atom. The monoisotopic (exact) mass is 177 g/mol. The molecular formula is C8H18O2P-. The molecule has 0 unspecified atom stereocenters. The van der Waals surface area contributed by atoms with Crippen LogP contribution >= 0.6 is 9.03 Å². The lowest BCUT2D eigenvalue weighted by Crippen LogP contribution is -1.87. The Balaban J connectivity index is 2.69. The molecule has 0 N–H and O–H groups in total. The molecule has 0 aromatic carbocycles. The van der Waals surface area contributed by atoms with Crippen LogP contribution in [0, 0.1) is 0 Å². The Labute approximate surface area is 71.6 Å². The molecule has 0 spiro atoms. The van der Waals surface area contributed by atoms with Gasteiger partial charge >= 0.3 is 0 Å². The molecule has 0 aromatic heterocycles. The van der Waals surface area contributed by atoms with Crippen molar-refractivity contribution >= 4 is 9.03 Å². The summed E-state index contributed by atoms with van der Waals surface area (Å²) in [6, 6.07) is 0. The topological polar surface area (TPSA) is 18.5 Å². The molecule has 0 fully saturated rings. The standard InChI is InChI=1S/C8H18O2P/c1-3-5-7-9-11-10-8-6-4-2/h3-8H2,1-2H3/q-1. The first-order chi connectivity index (χ1) is 5.41. The van der Waals surface area contributed by atoms with E-state index in [1.165, 1.54) is 12.8 Å². The highest BCUT2D eigenvalue weighted by atomic mass is 31.1. The summed E-state index contributed by atoms with van der Waals surface area (Å²) in [5.41, 5.74) is 0. The van der Waals surface area contributed by atoms with Gasteiger partial charge in [0.1, 0.15) is 0 Å². The van der Waals surface area contributed by atoms with E-state index in [9.17, 15) is 0 Å². The quantitative estimate of drug-likeness (QED) is 0.418. The van der Waals surface area contributed by atoms with Crippen LogP contribution in [0.3, 0.4) is 0 Å². The first-order valence-electron chi connectivity index (χ1n) is 4.36. The van der Waals surface area contributed by atoms with E-state index in [4.69, 9.17) is 9.05 Å². The van der Waals surface area contributed by atoms with Gasteiger partial charge in [-0.15, -0.1) is 0 Å². The van der Waals surface area contributed by atoms with Crippen molar-refractivity contribution in [1.29, 1.82) is 0 Å². The Morgan fingerprint density at radius 1 is 0.909 bits per heavy atom. The number of rotatable bonds is 8. The minimum Gasteiger partial charge on any atom is -0.529 e. The van der Waals surface area contributed by atoms with Gasteiger partial charge in [0.15, 0.2) is 0 Å². The van der Waals surface area contributed by atoms with Crippen LogP contribution in [-0.2, 0) is 9.05 Å². The summed E-state index contributed by atoms with van der Waals surface area (Å²) in [6.07, 6.45) is 4.63. The SMILES string of the molecule is CCCCO[P-]OCCCC. The predicted octanol–water partition coefficient (Wildman–Crippen LogP) is 3.40. The smallest absolute Gasteiger partial charge is 0.0133 e. The maximum absolute atomic E-state index is 5.17. The Kier molecular flexibility index (Phi) is 10.7. The van der Waals surface area contributed by atoms with E-state index >= 15 is 0 Å². The van der Waals surface area contributed by atoms with Gasteiger partial charge in [-0.1, -0.05) is 26.7 Å². The molecule has 0 heterocycles. The van der Waals surface area contributed by atoms with Crippen LogP contribution in [0.4, 0.5) is 0 Å². The minimum absolute atomic E-state index is 0.693. The summed E-state index contributed by atoms with van der Waals surface area (Å²) in [7, 11) is 0.693. The zero-order chi connectivity index (χ0) is 8.36. The third-order valence-corrected chi connectivity index (χ3v) is 1.86. The molecule has 3 heteroatoms. The molecule has 0 bridgehead atoms. The molecule has 0 amide bonds. The van der Waals surface area contributed by atoms with Crippen LogP contribution < -0.4 is 0 Å². The summed E-state index contributed by atoms with van der Waals surface area (Å²) in [4.78, 5) is 0. The first-order valence-corrected chi connectivity index (χ1v) is 5.09. The minimum atomic E-state index is 0.693. The van der Waals surface area contributed by atoms with E-state index in [1.807, 2.05) is 0 Å². The summed E-state index contributed by atoms with van der Waals surface area (Å²) in [5.74, 6) is 0. The molecule has 0 atom stereocenters. The summed E-state index contributed by atoms with van der Waals surface area (Å²) >= 11 is 0. The fourth-order valence-electron chi connectivity index (χ4n) is 0.530. The predicted molar refractivity (Wildman–Crippen MR) is 48.6 cm³/mol. The number of hydrogen-bond donors (Lipinski definition) is 0. The van der Waals surface area contributed by atoms with Gasteiger partial charge in [-0.25, -0.2) is 9.03 Å². The highest BCUT2D eigenvalue weighted by Crippen LogP contribution is 2.14. The molecule has 0 aliphatic heterocycles. The molecule has 2 nitrogen and oxygen atoms in total. The van der Waals surface area contributed by atoms with Crippen LogP contribution in [-0.4, -0.2) is 13.2 Å². The van der Waals surface area contributed by atoms with E-state index in [-0.39, 0.29) is 0 Å². The van der Waals surface area contributed by atoms with Gasteiger partial charge in [-0.05, 0) is 12.8 Å². The zero-order valence-electron chi connectivity index (χ0n) is 7.51. The van der Waals surface area contributed by atoms with Gasteiger partial charge in [0, 0.05) is 13.2 Å². The van der Waals surface area contributed by atoms with Crippen molar-refractivity contribution in [3.63, 3.8) is 0 Å². The maximum atomic E-state index is 5.17. The average molecular weight is 177 g/mol. The van der Waals surface area contributed by atoms with Gasteiger partial charge in [-0.2, -0.15) is 0 Å². The molecular weight excluding hydrogens is 159 g/mol. The summed E-state index contributed by atoms with van der Waals surface area (Å²) in [5, 5.41) is 0. The number of hydrogen-bond acceptors (Lipinski definition) is 2. The van der Waals surface area contributed by atoms with Crippen molar-refractivity contribution in [2.75, 3.05) is 13.2 Å². The van der Waals surface area contributed by atoms with Crippen molar-refractivity contribution in [3.8, 4) is 0 Å². The molecule has 68 valence electrons. The first kappa shape index (κ1) is 11.4. The van der Waals surface area contributed by atoms with Crippen LogP contribution in [0.1, 0.15) is 39.5 Å². The molecule has 0 radical (unpaired) electrons. The van der Waals surface area contributed by atoms with E-state index in [2.05, 4.69) is 13.8 Å².